The molecule has 0 fully saturated rings. The van der Waals surface area contributed by atoms with Crippen LogP contribution in [0.15, 0.2) is 35.7 Å². The van der Waals surface area contributed by atoms with E-state index in [0.717, 1.165) is 23.6 Å². The van der Waals surface area contributed by atoms with Crippen LogP contribution in [0.25, 0.3) is 0 Å². The lowest BCUT2D eigenvalue weighted by atomic mass is 10.0. The molecule has 0 bridgehead atoms. The molecule has 18 heavy (non-hydrogen) atoms. The van der Waals surface area contributed by atoms with E-state index in [-0.39, 0.29) is 6.04 Å². The van der Waals surface area contributed by atoms with Crippen molar-refractivity contribution in [2.75, 3.05) is 6.54 Å². The van der Waals surface area contributed by atoms with E-state index in [1.54, 1.807) is 11.3 Å². The fraction of sp³-hybridized carbons (Fsp3) is 0.333. The van der Waals surface area contributed by atoms with E-state index in [9.17, 15) is 0 Å². The van der Waals surface area contributed by atoms with Crippen LogP contribution >= 0.6 is 22.9 Å². The molecule has 3 heteroatoms. The summed E-state index contributed by atoms with van der Waals surface area (Å²) in [4.78, 5) is 1.31. The van der Waals surface area contributed by atoms with Crippen molar-refractivity contribution in [2.24, 2.45) is 0 Å². The first kappa shape index (κ1) is 13.6. The number of halogens is 1. The van der Waals surface area contributed by atoms with Crippen LogP contribution in [0.3, 0.4) is 0 Å². The molecule has 1 aromatic heterocycles. The molecule has 1 heterocycles. The highest BCUT2D eigenvalue weighted by Gasteiger charge is 2.17. The van der Waals surface area contributed by atoms with Gasteiger partial charge in [-0.15, -0.1) is 11.3 Å². The van der Waals surface area contributed by atoms with Gasteiger partial charge in [-0.1, -0.05) is 36.7 Å². The van der Waals surface area contributed by atoms with Crippen LogP contribution in [0.1, 0.15) is 35.4 Å². The largest absolute Gasteiger partial charge is 0.306 e. The summed E-state index contributed by atoms with van der Waals surface area (Å²) >= 11 is 8.15. The number of hydrogen-bond donors (Lipinski definition) is 1. The molecule has 0 aliphatic heterocycles. The van der Waals surface area contributed by atoms with E-state index in [4.69, 9.17) is 11.6 Å². The van der Waals surface area contributed by atoms with Crippen molar-refractivity contribution in [1.82, 2.24) is 5.32 Å². The van der Waals surface area contributed by atoms with Crippen LogP contribution in [0.4, 0.5) is 0 Å². The van der Waals surface area contributed by atoms with Gasteiger partial charge < -0.3 is 5.32 Å². The van der Waals surface area contributed by atoms with Gasteiger partial charge in [0.15, 0.2) is 0 Å². The Bertz CT molecular complexity index is 493. The Labute approximate surface area is 118 Å². The molecule has 0 saturated carbocycles. The van der Waals surface area contributed by atoms with Crippen molar-refractivity contribution in [1.29, 1.82) is 0 Å². The Balaban J connectivity index is 2.33. The van der Waals surface area contributed by atoms with E-state index < -0.39 is 0 Å². The van der Waals surface area contributed by atoms with E-state index >= 15 is 0 Å². The maximum absolute atomic E-state index is 6.38. The Morgan fingerprint density at radius 3 is 2.78 bits per heavy atom. The average molecular weight is 280 g/mol. The molecular formula is C15H18ClNS. The maximum Gasteiger partial charge on any atom is 0.0685 e. The third-order valence-corrected chi connectivity index (χ3v) is 4.16. The molecule has 1 nitrogen and oxygen atoms in total. The standard InChI is InChI=1S/C15H18ClNS/c1-3-8-17-15(14-5-4-9-18-14)12-7-6-11(2)10-13(12)16/h4-7,9-10,15,17H,3,8H2,1-2H3. The smallest absolute Gasteiger partial charge is 0.0685 e. The van der Waals surface area contributed by atoms with Gasteiger partial charge in [0.25, 0.3) is 0 Å². The topological polar surface area (TPSA) is 12.0 Å². The number of rotatable bonds is 5. The second kappa shape index (κ2) is 6.37. The molecule has 1 aromatic carbocycles. The molecule has 1 unspecified atom stereocenters. The summed E-state index contributed by atoms with van der Waals surface area (Å²) in [5, 5.41) is 6.53. The van der Waals surface area contributed by atoms with Crippen LogP contribution in [0, 0.1) is 6.92 Å². The molecule has 0 saturated heterocycles. The normalized spacial score (nSPS) is 12.6. The van der Waals surface area contributed by atoms with Gasteiger partial charge in [-0.2, -0.15) is 0 Å². The second-order valence-electron chi connectivity index (χ2n) is 4.43. The number of nitrogens with one attached hydrogen (secondary N) is 1. The van der Waals surface area contributed by atoms with Crippen LogP contribution in [-0.4, -0.2) is 6.54 Å². The average Bonchev–Trinajstić information content (AvgIpc) is 2.85. The summed E-state index contributed by atoms with van der Waals surface area (Å²) in [7, 11) is 0. The van der Waals surface area contributed by atoms with Gasteiger partial charge in [-0.3, -0.25) is 0 Å². The fourth-order valence-corrected chi connectivity index (χ4v) is 3.14. The Hall–Kier alpha value is -0.830. The van der Waals surface area contributed by atoms with Crippen molar-refractivity contribution in [2.45, 2.75) is 26.3 Å². The molecule has 1 N–H and O–H groups in total. The molecule has 2 aromatic rings. The minimum Gasteiger partial charge on any atom is -0.306 e. The molecule has 0 aliphatic carbocycles. The molecule has 96 valence electrons. The molecule has 0 radical (unpaired) electrons. The van der Waals surface area contributed by atoms with E-state index in [2.05, 4.69) is 48.8 Å². The molecular weight excluding hydrogens is 262 g/mol. The minimum absolute atomic E-state index is 0.207. The molecule has 2 rings (SSSR count). The zero-order chi connectivity index (χ0) is 13.0. The molecule has 0 amide bonds. The van der Waals surface area contributed by atoms with Gasteiger partial charge in [0.05, 0.1) is 6.04 Å². The lowest BCUT2D eigenvalue weighted by molar-refractivity contribution is 0.606. The molecule has 0 aliphatic rings. The zero-order valence-corrected chi connectivity index (χ0v) is 12.3. The first-order valence-corrected chi connectivity index (χ1v) is 7.51. The van der Waals surface area contributed by atoms with Gasteiger partial charge in [0, 0.05) is 9.90 Å². The number of aryl methyl sites for hydroxylation is 1. The summed E-state index contributed by atoms with van der Waals surface area (Å²) in [5.74, 6) is 0. The maximum atomic E-state index is 6.38. The van der Waals surface area contributed by atoms with Gasteiger partial charge in [0.1, 0.15) is 0 Å². The quantitative estimate of drug-likeness (QED) is 0.829. The highest BCUT2D eigenvalue weighted by Crippen LogP contribution is 2.31. The molecule has 1 atom stereocenters. The zero-order valence-electron chi connectivity index (χ0n) is 10.7. The van der Waals surface area contributed by atoms with Crippen LogP contribution in [0.5, 0.6) is 0 Å². The van der Waals surface area contributed by atoms with Crippen molar-refractivity contribution >= 4 is 22.9 Å². The Kier molecular flexibility index (Phi) is 4.81. The lowest BCUT2D eigenvalue weighted by Gasteiger charge is -2.19. The van der Waals surface area contributed by atoms with Crippen LogP contribution in [-0.2, 0) is 0 Å². The summed E-state index contributed by atoms with van der Waals surface area (Å²) in [6.07, 6.45) is 1.12. The van der Waals surface area contributed by atoms with Crippen molar-refractivity contribution in [3.05, 3.63) is 56.7 Å². The number of hydrogen-bond acceptors (Lipinski definition) is 2. The van der Waals surface area contributed by atoms with Gasteiger partial charge in [-0.05, 0) is 48.5 Å². The highest BCUT2D eigenvalue weighted by molar-refractivity contribution is 7.10. The van der Waals surface area contributed by atoms with Crippen molar-refractivity contribution < 1.29 is 0 Å². The summed E-state index contributed by atoms with van der Waals surface area (Å²) in [6.45, 7) is 5.23. The molecule has 0 spiro atoms. The monoisotopic (exact) mass is 279 g/mol. The van der Waals surface area contributed by atoms with Gasteiger partial charge >= 0.3 is 0 Å². The third kappa shape index (κ3) is 3.14. The third-order valence-electron chi connectivity index (χ3n) is 2.89. The summed E-state index contributed by atoms with van der Waals surface area (Å²) in [5.41, 5.74) is 2.36. The van der Waals surface area contributed by atoms with Crippen molar-refractivity contribution in [3.63, 3.8) is 0 Å². The highest BCUT2D eigenvalue weighted by atomic mass is 35.5. The first-order valence-electron chi connectivity index (χ1n) is 6.25. The fourth-order valence-electron chi connectivity index (χ4n) is 1.97. The van der Waals surface area contributed by atoms with Crippen LogP contribution < -0.4 is 5.32 Å². The number of thiophene rings is 1. The van der Waals surface area contributed by atoms with Crippen molar-refractivity contribution in [3.8, 4) is 0 Å². The first-order chi connectivity index (χ1) is 8.72. The predicted molar refractivity (Wildman–Crippen MR) is 80.6 cm³/mol. The van der Waals surface area contributed by atoms with Crippen LogP contribution in [0.2, 0.25) is 5.02 Å². The van der Waals surface area contributed by atoms with E-state index in [0.29, 0.717) is 0 Å². The SMILES string of the molecule is CCCNC(c1cccs1)c1ccc(C)cc1Cl. The Morgan fingerprint density at radius 2 is 2.17 bits per heavy atom. The van der Waals surface area contributed by atoms with Gasteiger partial charge in [0.2, 0.25) is 0 Å². The lowest BCUT2D eigenvalue weighted by Crippen LogP contribution is -2.22. The second-order valence-corrected chi connectivity index (χ2v) is 5.81. The summed E-state index contributed by atoms with van der Waals surface area (Å²) in [6, 6.07) is 10.7. The predicted octanol–water partition coefficient (Wildman–Crippen LogP) is 4.80. The minimum atomic E-state index is 0.207. The summed E-state index contributed by atoms with van der Waals surface area (Å²) < 4.78 is 0. The van der Waals surface area contributed by atoms with E-state index in [1.165, 1.54) is 10.4 Å². The van der Waals surface area contributed by atoms with Gasteiger partial charge in [-0.25, -0.2) is 0 Å². The van der Waals surface area contributed by atoms with E-state index in [1.807, 2.05) is 6.07 Å². The number of benzene rings is 1. The Morgan fingerprint density at radius 1 is 1.33 bits per heavy atom.